The molecule has 2 nitrogen and oxygen atoms in total. The smallest absolute Gasteiger partial charge is 0.137 e. The van der Waals surface area contributed by atoms with E-state index >= 15 is 0 Å². The number of methoxy groups -OCH3 is 1. The molecule has 16 heavy (non-hydrogen) atoms. The Bertz CT molecular complexity index is 397. The van der Waals surface area contributed by atoms with Crippen LogP contribution in [0.5, 0.6) is 5.75 Å². The normalized spacial score (nSPS) is 18.8. The van der Waals surface area contributed by atoms with Crippen molar-refractivity contribution in [2.45, 2.75) is 38.1 Å². The van der Waals surface area contributed by atoms with Crippen LogP contribution in [0.25, 0.3) is 0 Å². The second-order valence-corrected chi connectivity index (χ2v) is 5.07. The molecule has 0 heterocycles. The highest BCUT2D eigenvalue weighted by Gasteiger charge is 2.32. The van der Waals surface area contributed by atoms with Crippen molar-refractivity contribution in [3.8, 4) is 5.75 Å². The van der Waals surface area contributed by atoms with Crippen molar-refractivity contribution in [3.63, 3.8) is 0 Å². The van der Waals surface area contributed by atoms with Crippen LogP contribution in [-0.2, 0) is 5.54 Å². The lowest BCUT2D eigenvalue weighted by atomic mass is 9.86. The summed E-state index contributed by atoms with van der Waals surface area (Å²) in [6.07, 6.45) is 4.52. The van der Waals surface area contributed by atoms with Gasteiger partial charge in [-0.1, -0.05) is 24.4 Å². The lowest BCUT2D eigenvalue weighted by molar-refractivity contribution is 0.412. The van der Waals surface area contributed by atoms with E-state index in [0.717, 1.165) is 18.6 Å². The van der Waals surface area contributed by atoms with Gasteiger partial charge in [-0.05, 0) is 43.0 Å². The molecule has 1 fully saturated rings. The molecule has 88 valence electrons. The molecule has 0 amide bonds. The van der Waals surface area contributed by atoms with E-state index in [0.29, 0.717) is 5.02 Å². The fraction of sp³-hybridized carbons (Fsp3) is 0.538. The molecule has 1 aliphatic carbocycles. The monoisotopic (exact) mass is 239 g/mol. The summed E-state index contributed by atoms with van der Waals surface area (Å²) in [7, 11) is 1.63. The maximum Gasteiger partial charge on any atom is 0.137 e. The van der Waals surface area contributed by atoms with E-state index in [-0.39, 0.29) is 5.54 Å². The van der Waals surface area contributed by atoms with Gasteiger partial charge in [0.05, 0.1) is 12.1 Å². The Labute approximate surface area is 102 Å². The van der Waals surface area contributed by atoms with Gasteiger partial charge in [-0.25, -0.2) is 0 Å². The summed E-state index contributed by atoms with van der Waals surface area (Å²) in [5.74, 6) is 0.726. The number of rotatable bonds is 2. The summed E-state index contributed by atoms with van der Waals surface area (Å²) in [5, 5.41) is 0.653. The number of hydrogen-bond acceptors (Lipinski definition) is 2. The summed E-state index contributed by atoms with van der Waals surface area (Å²) in [4.78, 5) is 0. The van der Waals surface area contributed by atoms with E-state index in [1.807, 2.05) is 12.1 Å². The molecule has 0 bridgehead atoms. The van der Waals surface area contributed by atoms with Gasteiger partial charge < -0.3 is 10.5 Å². The summed E-state index contributed by atoms with van der Waals surface area (Å²) in [6.45, 7) is 2.07. The Balaban J connectivity index is 2.45. The van der Waals surface area contributed by atoms with Crippen LogP contribution in [0.4, 0.5) is 0 Å². The van der Waals surface area contributed by atoms with Crippen LogP contribution in [0.3, 0.4) is 0 Å². The molecule has 1 saturated carbocycles. The van der Waals surface area contributed by atoms with Crippen molar-refractivity contribution in [2.75, 3.05) is 7.11 Å². The number of ether oxygens (including phenoxy) is 1. The van der Waals surface area contributed by atoms with Gasteiger partial charge in [-0.15, -0.1) is 0 Å². The number of halogens is 1. The second-order valence-electron chi connectivity index (χ2n) is 4.66. The summed E-state index contributed by atoms with van der Waals surface area (Å²) in [6, 6.07) is 3.95. The first-order valence-corrected chi connectivity index (χ1v) is 6.08. The molecule has 0 spiro atoms. The number of nitrogens with two attached hydrogens (primary N) is 1. The van der Waals surface area contributed by atoms with E-state index in [4.69, 9.17) is 22.1 Å². The van der Waals surface area contributed by atoms with Crippen molar-refractivity contribution >= 4 is 11.6 Å². The fourth-order valence-electron chi connectivity index (χ4n) is 2.62. The van der Waals surface area contributed by atoms with Crippen LogP contribution in [0.1, 0.15) is 36.8 Å². The Morgan fingerprint density at radius 3 is 2.50 bits per heavy atom. The van der Waals surface area contributed by atoms with Crippen LogP contribution in [-0.4, -0.2) is 7.11 Å². The minimum absolute atomic E-state index is 0.181. The van der Waals surface area contributed by atoms with Crippen molar-refractivity contribution in [2.24, 2.45) is 5.73 Å². The molecule has 0 atom stereocenters. The molecule has 0 radical (unpaired) electrons. The zero-order valence-electron chi connectivity index (χ0n) is 9.85. The van der Waals surface area contributed by atoms with Gasteiger partial charge in [0.1, 0.15) is 5.75 Å². The number of hydrogen-bond donors (Lipinski definition) is 1. The van der Waals surface area contributed by atoms with Crippen molar-refractivity contribution in [1.29, 1.82) is 0 Å². The summed E-state index contributed by atoms with van der Waals surface area (Å²) in [5.41, 5.74) is 8.61. The third-order valence-electron chi connectivity index (χ3n) is 3.53. The largest absolute Gasteiger partial charge is 0.495 e. The average molecular weight is 240 g/mol. The van der Waals surface area contributed by atoms with E-state index in [9.17, 15) is 0 Å². The van der Waals surface area contributed by atoms with E-state index in [2.05, 4.69) is 6.92 Å². The van der Waals surface area contributed by atoms with Gasteiger partial charge in [0, 0.05) is 5.54 Å². The molecule has 0 aliphatic heterocycles. The maximum absolute atomic E-state index is 6.44. The fourth-order valence-corrected chi connectivity index (χ4v) is 2.86. The van der Waals surface area contributed by atoms with Gasteiger partial charge in [0.2, 0.25) is 0 Å². The van der Waals surface area contributed by atoms with Gasteiger partial charge in [-0.2, -0.15) is 0 Å². The van der Waals surface area contributed by atoms with Crippen LogP contribution >= 0.6 is 11.6 Å². The standard InChI is InChI=1S/C13H18ClNO/c1-9-7-12(16-2)11(14)8-10(9)13(15)5-3-4-6-13/h7-8H,3-6,15H2,1-2H3. The Kier molecular flexibility index (Phi) is 3.13. The van der Waals surface area contributed by atoms with E-state index < -0.39 is 0 Å². The van der Waals surface area contributed by atoms with Crippen LogP contribution < -0.4 is 10.5 Å². The van der Waals surface area contributed by atoms with Gasteiger partial charge in [0.25, 0.3) is 0 Å². The lowest BCUT2D eigenvalue weighted by Gasteiger charge is -2.27. The summed E-state index contributed by atoms with van der Waals surface area (Å²) < 4.78 is 5.20. The minimum Gasteiger partial charge on any atom is -0.495 e. The van der Waals surface area contributed by atoms with Gasteiger partial charge in [0.15, 0.2) is 0 Å². The van der Waals surface area contributed by atoms with Crippen LogP contribution in [0.2, 0.25) is 5.02 Å². The van der Waals surface area contributed by atoms with Crippen LogP contribution in [0, 0.1) is 6.92 Å². The average Bonchev–Trinajstić information content (AvgIpc) is 2.69. The first-order valence-electron chi connectivity index (χ1n) is 5.70. The minimum atomic E-state index is -0.181. The maximum atomic E-state index is 6.44. The number of aryl methyl sites for hydroxylation is 1. The molecule has 2 N–H and O–H groups in total. The quantitative estimate of drug-likeness (QED) is 0.859. The lowest BCUT2D eigenvalue weighted by Crippen LogP contribution is -2.33. The van der Waals surface area contributed by atoms with Crippen molar-refractivity contribution < 1.29 is 4.74 Å². The third kappa shape index (κ3) is 1.92. The van der Waals surface area contributed by atoms with Gasteiger partial charge >= 0.3 is 0 Å². The molecule has 0 saturated heterocycles. The zero-order valence-corrected chi connectivity index (χ0v) is 10.6. The topological polar surface area (TPSA) is 35.2 Å². The highest BCUT2D eigenvalue weighted by molar-refractivity contribution is 6.32. The molecule has 0 unspecified atom stereocenters. The Morgan fingerprint density at radius 2 is 1.94 bits per heavy atom. The molecule has 1 aromatic rings. The molecular formula is C13H18ClNO. The first-order chi connectivity index (χ1) is 7.57. The van der Waals surface area contributed by atoms with E-state index in [1.165, 1.54) is 24.0 Å². The molecular weight excluding hydrogens is 222 g/mol. The Morgan fingerprint density at radius 1 is 1.31 bits per heavy atom. The molecule has 1 aromatic carbocycles. The number of benzene rings is 1. The Hall–Kier alpha value is -0.730. The summed E-state index contributed by atoms with van der Waals surface area (Å²) >= 11 is 6.16. The second kappa shape index (κ2) is 4.27. The molecule has 3 heteroatoms. The highest BCUT2D eigenvalue weighted by atomic mass is 35.5. The van der Waals surface area contributed by atoms with E-state index in [1.54, 1.807) is 7.11 Å². The third-order valence-corrected chi connectivity index (χ3v) is 3.83. The SMILES string of the molecule is COc1cc(C)c(C2(N)CCCC2)cc1Cl. The molecule has 1 aliphatic rings. The van der Waals surface area contributed by atoms with Crippen molar-refractivity contribution in [1.82, 2.24) is 0 Å². The highest BCUT2D eigenvalue weighted by Crippen LogP contribution is 2.40. The van der Waals surface area contributed by atoms with Crippen molar-refractivity contribution in [3.05, 3.63) is 28.3 Å². The molecule has 2 rings (SSSR count). The van der Waals surface area contributed by atoms with Gasteiger partial charge in [-0.3, -0.25) is 0 Å². The first kappa shape index (κ1) is 11.7. The predicted molar refractivity (Wildman–Crippen MR) is 67.1 cm³/mol. The zero-order chi connectivity index (χ0) is 11.8. The van der Waals surface area contributed by atoms with Crippen LogP contribution in [0.15, 0.2) is 12.1 Å². The molecule has 0 aromatic heterocycles. The predicted octanol–water partition coefficient (Wildman–Crippen LogP) is 3.39.